The van der Waals surface area contributed by atoms with E-state index < -0.39 is 12.6 Å². The molecule has 0 atom stereocenters. The third-order valence-electron chi connectivity index (χ3n) is 1.08. The Balaban J connectivity index is 2.63. The highest BCUT2D eigenvalue weighted by Crippen LogP contribution is 2.20. The Morgan fingerprint density at radius 3 is 3.00 bits per heavy atom. The lowest BCUT2D eigenvalue weighted by molar-refractivity contribution is -0.139. The number of hydrogen-bond donors (Lipinski definition) is 2. The van der Waals surface area contributed by atoms with Crippen molar-refractivity contribution >= 4 is 5.97 Å². The van der Waals surface area contributed by atoms with Crippen LogP contribution < -0.4 is 4.74 Å². The monoisotopic (exact) mass is 169 g/mol. The van der Waals surface area contributed by atoms with E-state index in [1.165, 1.54) is 18.3 Å². The number of aromatic hydroxyl groups is 1. The number of carboxylic acid groups (broad SMARTS) is 1. The molecule has 1 heterocycles. The number of nitrogens with zero attached hydrogens (tertiary/aromatic N) is 1. The first-order valence-electron chi connectivity index (χ1n) is 3.18. The van der Waals surface area contributed by atoms with Crippen LogP contribution in [-0.4, -0.2) is 27.8 Å². The summed E-state index contributed by atoms with van der Waals surface area (Å²) in [5.41, 5.74) is 0. The minimum Gasteiger partial charge on any atom is -0.503 e. The summed E-state index contributed by atoms with van der Waals surface area (Å²) in [5, 5.41) is 17.3. The van der Waals surface area contributed by atoms with Crippen LogP contribution in [-0.2, 0) is 4.79 Å². The van der Waals surface area contributed by atoms with Gasteiger partial charge in [0, 0.05) is 6.20 Å². The highest BCUT2D eigenvalue weighted by Gasteiger charge is 2.04. The molecule has 0 aromatic carbocycles. The fourth-order valence-electron chi connectivity index (χ4n) is 0.624. The predicted octanol–water partition coefficient (Wildman–Crippen LogP) is 0.251. The molecular formula is C7H7NO4. The fraction of sp³-hybridized carbons (Fsp3) is 0.143. The van der Waals surface area contributed by atoms with Crippen LogP contribution in [0.2, 0.25) is 0 Å². The Morgan fingerprint density at radius 1 is 1.67 bits per heavy atom. The molecule has 64 valence electrons. The summed E-state index contributed by atoms with van der Waals surface area (Å²) in [6.45, 7) is -0.509. The average molecular weight is 169 g/mol. The van der Waals surface area contributed by atoms with E-state index in [0.29, 0.717) is 0 Å². The van der Waals surface area contributed by atoms with Gasteiger partial charge in [0.15, 0.2) is 12.4 Å². The summed E-state index contributed by atoms with van der Waals surface area (Å²) in [6, 6.07) is 2.88. The Hall–Kier alpha value is -1.78. The van der Waals surface area contributed by atoms with Crippen LogP contribution in [0, 0.1) is 0 Å². The first-order valence-corrected chi connectivity index (χ1v) is 3.18. The van der Waals surface area contributed by atoms with Gasteiger partial charge in [0.25, 0.3) is 5.88 Å². The minimum atomic E-state index is -1.11. The number of carbonyl (C=O) groups is 1. The van der Waals surface area contributed by atoms with Crippen LogP contribution in [0.3, 0.4) is 0 Å². The SMILES string of the molecule is O=C(O)COc1ncccc1O. The number of aliphatic carboxylic acids is 1. The summed E-state index contributed by atoms with van der Waals surface area (Å²) in [5.74, 6) is -1.35. The van der Waals surface area contributed by atoms with E-state index in [1.807, 2.05) is 0 Å². The molecule has 0 bridgehead atoms. The molecule has 0 aliphatic heterocycles. The molecule has 0 aliphatic carbocycles. The molecule has 0 saturated heterocycles. The van der Waals surface area contributed by atoms with E-state index in [9.17, 15) is 4.79 Å². The third kappa shape index (κ3) is 2.12. The molecule has 1 aromatic heterocycles. The van der Waals surface area contributed by atoms with Gasteiger partial charge in [-0.25, -0.2) is 9.78 Å². The van der Waals surface area contributed by atoms with Crippen LogP contribution in [0.4, 0.5) is 0 Å². The summed E-state index contributed by atoms with van der Waals surface area (Å²) in [6.07, 6.45) is 1.40. The van der Waals surface area contributed by atoms with Crippen molar-refractivity contribution in [2.75, 3.05) is 6.61 Å². The first kappa shape index (κ1) is 8.32. The normalized spacial score (nSPS) is 9.33. The fourth-order valence-corrected chi connectivity index (χ4v) is 0.624. The second-order valence-electron chi connectivity index (χ2n) is 2.01. The van der Waals surface area contributed by atoms with Crippen molar-refractivity contribution in [2.45, 2.75) is 0 Å². The molecule has 0 saturated carbocycles. The van der Waals surface area contributed by atoms with E-state index >= 15 is 0 Å². The molecule has 1 aromatic rings. The topological polar surface area (TPSA) is 79.7 Å². The van der Waals surface area contributed by atoms with E-state index in [-0.39, 0.29) is 11.6 Å². The van der Waals surface area contributed by atoms with Crippen LogP contribution in [0.5, 0.6) is 11.6 Å². The van der Waals surface area contributed by atoms with E-state index in [2.05, 4.69) is 9.72 Å². The van der Waals surface area contributed by atoms with Crippen molar-refractivity contribution in [3.8, 4) is 11.6 Å². The second-order valence-corrected chi connectivity index (χ2v) is 2.01. The maximum atomic E-state index is 10.0. The Bertz CT molecular complexity index is 286. The van der Waals surface area contributed by atoms with Crippen molar-refractivity contribution in [3.63, 3.8) is 0 Å². The van der Waals surface area contributed by atoms with Gasteiger partial charge >= 0.3 is 5.97 Å². The third-order valence-corrected chi connectivity index (χ3v) is 1.08. The number of hydrogen-bond acceptors (Lipinski definition) is 4. The van der Waals surface area contributed by atoms with Crippen molar-refractivity contribution in [3.05, 3.63) is 18.3 Å². The lowest BCUT2D eigenvalue weighted by Crippen LogP contribution is -2.10. The molecule has 5 heteroatoms. The second kappa shape index (κ2) is 3.56. The van der Waals surface area contributed by atoms with Gasteiger partial charge in [0.05, 0.1) is 0 Å². The number of rotatable bonds is 3. The van der Waals surface area contributed by atoms with Crippen LogP contribution in [0.15, 0.2) is 18.3 Å². The van der Waals surface area contributed by atoms with Crippen molar-refractivity contribution < 1.29 is 19.7 Å². The lowest BCUT2D eigenvalue weighted by Gasteiger charge is -2.02. The largest absolute Gasteiger partial charge is 0.503 e. The molecule has 5 nitrogen and oxygen atoms in total. The van der Waals surface area contributed by atoms with Crippen molar-refractivity contribution in [1.29, 1.82) is 0 Å². The molecule has 0 radical (unpaired) electrons. The van der Waals surface area contributed by atoms with Gasteiger partial charge in [-0.3, -0.25) is 0 Å². The zero-order chi connectivity index (χ0) is 8.97. The molecule has 2 N–H and O–H groups in total. The molecule has 0 unspecified atom stereocenters. The predicted molar refractivity (Wildman–Crippen MR) is 39.0 cm³/mol. The van der Waals surface area contributed by atoms with Gasteiger partial charge in [-0.1, -0.05) is 0 Å². The zero-order valence-corrected chi connectivity index (χ0v) is 6.10. The Kier molecular flexibility index (Phi) is 2.47. The smallest absolute Gasteiger partial charge is 0.341 e. The molecule has 0 fully saturated rings. The van der Waals surface area contributed by atoms with Crippen LogP contribution in [0.25, 0.3) is 0 Å². The average Bonchev–Trinajstić information content (AvgIpc) is 2.03. The van der Waals surface area contributed by atoms with E-state index in [0.717, 1.165) is 0 Å². The standard InChI is InChI=1S/C7H7NO4/c9-5-2-1-3-8-7(5)12-4-6(10)11/h1-3,9H,4H2,(H,10,11). The van der Waals surface area contributed by atoms with Gasteiger partial charge in [-0.05, 0) is 12.1 Å². The highest BCUT2D eigenvalue weighted by molar-refractivity contribution is 5.68. The number of pyridine rings is 1. The van der Waals surface area contributed by atoms with Gasteiger partial charge in [-0.15, -0.1) is 0 Å². The van der Waals surface area contributed by atoms with Crippen LogP contribution in [0.1, 0.15) is 0 Å². The van der Waals surface area contributed by atoms with Crippen LogP contribution >= 0.6 is 0 Å². The highest BCUT2D eigenvalue weighted by atomic mass is 16.5. The Morgan fingerprint density at radius 2 is 2.42 bits per heavy atom. The lowest BCUT2D eigenvalue weighted by atomic mass is 10.4. The maximum absolute atomic E-state index is 10.0. The molecule has 0 spiro atoms. The summed E-state index contributed by atoms with van der Waals surface area (Å²) >= 11 is 0. The number of carboxylic acids is 1. The number of aromatic nitrogens is 1. The summed E-state index contributed by atoms with van der Waals surface area (Å²) < 4.78 is 4.64. The van der Waals surface area contributed by atoms with Gasteiger partial charge in [-0.2, -0.15) is 0 Å². The molecular weight excluding hydrogens is 162 g/mol. The van der Waals surface area contributed by atoms with Crippen molar-refractivity contribution in [2.24, 2.45) is 0 Å². The van der Waals surface area contributed by atoms with Gasteiger partial charge in [0.2, 0.25) is 0 Å². The maximum Gasteiger partial charge on any atom is 0.341 e. The van der Waals surface area contributed by atoms with Gasteiger partial charge < -0.3 is 14.9 Å². The molecule has 0 amide bonds. The minimum absolute atomic E-state index is 0.0695. The number of ether oxygens (including phenoxy) is 1. The molecule has 12 heavy (non-hydrogen) atoms. The molecule has 1 rings (SSSR count). The van der Waals surface area contributed by atoms with Gasteiger partial charge in [0.1, 0.15) is 0 Å². The first-order chi connectivity index (χ1) is 5.70. The zero-order valence-electron chi connectivity index (χ0n) is 6.10. The summed E-state index contributed by atoms with van der Waals surface area (Å²) in [7, 11) is 0. The van der Waals surface area contributed by atoms with E-state index in [1.54, 1.807) is 0 Å². The van der Waals surface area contributed by atoms with Crippen molar-refractivity contribution in [1.82, 2.24) is 4.98 Å². The quantitative estimate of drug-likeness (QED) is 0.678. The Labute approximate surface area is 68.2 Å². The summed E-state index contributed by atoms with van der Waals surface area (Å²) in [4.78, 5) is 13.7. The molecule has 0 aliphatic rings. The van der Waals surface area contributed by atoms with E-state index in [4.69, 9.17) is 10.2 Å².